The van der Waals surface area contributed by atoms with Crippen molar-refractivity contribution in [1.29, 1.82) is 0 Å². The lowest BCUT2D eigenvalue weighted by atomic mass is 9.64. The molecule has 2 aliphatic rings. The van der Waals surface area contributed by atoms with Gasteiger partial charge in [-0.25, -0.2) is 4.79 Å². The van der Waals surface area contributed by atoms with E-state index < -0.39 is 39.9 Å². The number of ketones is 2. The summed E-state index contributed by atoms with van der Waals surface area (Å²) in [5.41, 5.74) is -3.36. The van der Waals surface area contributed by atoms with Gasteiger partial charge < -0.3 is 14.2 Å². The number of hydrogen-bond donors (Lipinski definition) is 0. The summed E-state index contributed by atoms with van der Waals surface area (Å²) >= 11 is 0. The smallest absolute Gasteiger partial charge is 0.426 e. The third-order valence-corrected chi connectivity index (χ3v) is 6.36. The molecule has 0 aliphatic heterocycles. The Hall–Kier alpha value is -2.96. The second-order valence-electron chi connectivity index (χ2n) is 7.44. The highest BCUT2D eigenvalue weighted by Gasteiger charge is 2.78. The number of ether oxygens (including phenoxy) is 3. The number of carbonyl (C=O) groups is 4. The van der Waals surface area contributed by atoms with E-state index in [1.54, 1.807) is 20.8 Å². The molecular weight excluding hydrogens is 352 g/mol. The normalized spacial score (nSPS) is 31.5. The molecule has 2 saturated carbocycles. The first kappa shape index (κ1) is 18.8. The van der Waals surface area contributed by atoms with Crippen molar-refractivity contribution in [1.82, 2.24) is 0 Å². The molecular formula is C20H20O7. The first-order valence-electron chi connectivity index (χ1n) is 8.51. The molecule has 2 aliphatic carbocycles. The summed E-state index contributed by atoms with van der Waals surface area (Å²) in [7, 11) is 0. The SMILES string of the molecule is C=COC(=O)Oc1ccc(OC(=O)C2(C)C3(C)CCC2(C)C(=O)C3=O)cc1. The minimum absolute atomic E-state index is 0.193. The maximum Gasteiger partial charge on any atom is 0.518 e. The number of benzene rings is 1. The van der Waals surface area contributed by atoms with Gasteiger partial charge in [-0.3, -0.25) is 14.4 Å². The minimum atomic E-state index is -1.24. The van der Waals surface area contributed by atoms with Gasteiger partial charge in [0, 0.05) is 0 Å². The number of fused-ring (bicyclic) bond motifs is 2. The lowest BCUT2D eigenvalue weighted by Crippen LogP contribution is -2.47. The summed E-state index contributed by atoms with van der Waals surface area (Å²) in [6, 6.07) is 5.75. The van der Waals surface area contributed by atoms with Crippen molar-refractivity contribution in [2.24, 2.45) is 16.2 Å². The molecule has 0 saturated heterocycles. The summed E-state index contributed by atoms with van der Waals surface area (Å²) in [6.45, 7) is 8.20. The Labute approximate surface area is 156 Å². The summed E-state index contributed by atoms with van der Waals surface area (Å²) in [5, 5.41) is 0. The van der Waals surface area contributed by atoms with E-state index in [1.807, 2.05) is 0 Å². The Kier molecular flexibility index (Phi) is 4.21. The van der Waals surface area contributed by atoms with Crippen LogP contribution >= 0.6 is 0 Å². The molecule has 0 N–H and O–H groups in total. The quantitative estimate of drug-likeness (QED) is 0.263. The van der Waals surface area contributed by atoms with Crippen molar-refractivity contribution in [2.45, 2.75) is 33.6 Å². The summed E-state index contributed by atoms with van der Waals surface area (Å²) < 4.78 is 14.8. The maximum atomic E-state index is 13.0. The Morgan fingerprint density at radius 1 is 0.926 bits per heavy atom. The van der Waals surface area contributed by atoms with Gasteiger partial charge >= 0.3 is 12.1 Å². The molecule has 1 aromatic carbocycles. The zero-order valence-electron chi connectivity index (χ0n) is 15.4. The van der Waals surface area contributed by atoms with Crippen LogP contribution in [-0.2, 0) is 19.1 Å². The van der Waals surface area contributed by atoms with E-state index in [2.05, 4.69) is 11.3 Å². The molecule has 0 amide bonds. The molecule has 2 bridgehead atoms. The summed E-state index contributed by atoms with van der Waals surface area (Å²) in [4.78, 5) is 49.1. The van der Waals surface area contributed by atoms with Crippen LogP contribution in [0.4, 0.5) is 4.79 Å². The van der Waals surface area contributed by atoms with Gasteiger partial charge in [-0.15, -0.1) is 0 Å². The van der Waals surface area contributed by atoms with Crippen molar-refractivity contribution in [3.05, 3.63) is 37.1 Å². The fourth-order valence-electron chi connectivity index (χ4n) is 4.21. The van der Waals surface area contributed by atoms with Crippen molar-refractivity contribution in [3.8, 4) is 11.5 Å². The van der Waals surface area contributed by atoms with Crippen LogP contribution in [0.25, 0.3) is 0 Å². The molecule has 142 valence electrons. The Bertz CT molecular complexity index is 826. The fourth-order valence-corrected chi connectivity index (χ4v) is 4.21. The molecule has 0 spiro atoms. The van der Waals surface area contributed by atoms with Crippen LogP contribution in [0, 0.1) is 16.2 Å². The molecule has 0 radical (unpaired) electrons. The third-order valence-electron chi connectivity index (χ3n) is 6.36. The largest absolute Gasteiger partial charge is 0.518 e. The van der Waals surface area contributed by atoms with E-state index in [9.17, 15) is 19.2 Å². The monoisotopic (exact) mass is 372 g/mol. The Balaban J connectivity index is 1.80. The van der Waals surface area contributed by atoms with Gasteiger partial charge in [0.05, 0.1) is 22.5 Å². The van der Waals surface area contributed by atoms with Crippen LogP contribution in [0.5, 0.6) is 11.5 Å². The predicted octanol–water partition coefficient (Wildman–Crippen LogP) is 3.22. The summed E-state index contributed by atoms with van der Waals surface area (Å²) in [5.74, 6) is -1.22. The first-order chi connectivity index (χ1) is 12.6. The second-order valence-corrected chi connectivity index (χ2v) is 7.44. The number of carbonyl (C=O) groups excluding carboxylic acids is 4. The van der Waals surface area contributed by atoms with Gasteiger partial charge in [0.25, 0.3) is 0 Å². The van der Waals surface area contributed by atoms with E-state index in [-0.39, 0.29) is 11.5 Å². The van der Waals surface area contributed by atoms with Gasteiger partial charge in [-0.2, -0.15) is 0 Å². The van der Waals surface area contributed by atoms with Crippen LogP contribution in [0.1, 0.15) is 33.6 Å². The lowest BCUT2D eigenvalue weighted by Gasteiger charge is -2.36. The predicted molar refractivity (Wildman–Crippen MR) is 93.0 cm³/mol. The van der Waals surface area contributed by atoms with Gasteiger partial charge in [-0.05, 0) is 44.0 Å². The number of rotatable bonds is 4. The molecule has 7 nitrogen and oxygen atoms in total. The molecule has 2 unspecified atom stereocenters. The van der Waals surface area contributed by atoms with E-state index in [0.29, 0.717) is 12.8 Å². The zero-order valence-corrected chi connectivity index (χ0v) is 15.4. The average molecular weight is 372 g/mol. The van der Waals surface area contributed by atoms with Crippen molar-refractivity contribution in [3.63, 3.8) is 0 Å². The molecule has 0 aromatic heterocycles. The van der Waals surface area contributed by atoms with Crippen LogP contribution in [-0.4, -0.2) is 23.7 Å². The van der Waals surface area contributed by atoms with E-state index in [4.69, 9.17) is 9.47 Å². The van der Waals surface area contributed by atoms with Crippen LogP contribution in [0.2, 0.25) is 0 Å². The molecule has 7 heteroatoms. The number of esters is 1. The second kappa shape index (κ2) is 6.04. The van der Waals surface area contributed by atoms with Gasteiger partial charge in [0.15, 0.2) is 0 Å². The molecule has 1 aromatic rings. The van der Waals surface area contributed by atoms with Gasteiger partial charge in [0.2, 0.25) is 11.6 Å². The molecule has 3 rings (SSSR count). The highest BCUT2D eigenvalue weighted by Crippen LogP contribution is 2.69. The van der Waals surface area contributed by atoms with E-state index in [0.717, 1.165) is 6.26 Å². The topological polar surface area (TPSA) is 96.0 Å². The Morgan fingerprint density at radius 3 is 1.81 bits per heavy atom. The number of Topliss-reactive ketones (excluding diaryl/α,β-unsaturated/α-hetero) is 2. The van der Waals surface area contributed by atoms with Crippen molar-refractivity contribution < 1.29 is 33.4 Å². The standard InChI is InChI=1S/C20H20O7/c1-5-25-17(24)27-13-8-6-12(7-9-13)26-16(23)20(4)18(2)10-11-19(20,3)15(22)14(18)21/h5-9H,1,10-11H2,2-4H3. The third kappa shape index (κ3) is 2.41. The van der Waals surface area contributed by atoms with Crippen LogP contribution < -0.4 is 9.47 Å². The van der Waals surface area contributed by atoms with Crippen LogP contribution in [0.15, 0.2) is 37.1 Å². The van der Waals surface area contributed by atoms with Crippen molar-refractivity contribution in [2.75, 3.05) is 0 Å². The molecule has 27 heavy (non-hydrogen) atoms. The molecule has 2 atom stereocenters. The highest BCUT2D eigenvalue weighted by molar-refractivity contribution is 6.45. The molecule has 2 fully saturated rings. The first-order valence-corrected chi connectivity index (χ1v) is 8.51. The summed E-state index contributed by atoms with van der Waals surface area (Å²) in [6.07, 6.45) is 0.942. The van der Waals surface area contributed by atoms with E-state index in [1.165, 1.54) is 24.3 Å². The zero-order chi connectivity index (χ0) is 20.0. The highest BCUT2D eigenvalue weighted by atomic mass is 16.7. The van der Waals surface area contributed by atoms with Crippen molar-refractivity contribution >= 4 is 23.7 Å². The Morgan fingerprint density at radius 2 is 1.37 bits per heavy atom. The van der Waals surface area contributed by atoms with E-state index >= 15 is 0 Å². The van der Waals surface area contributed by atoms with Crippen LogP contribution in [0.3, 0.4) is 0 Å². The fraction of sp³-hybridized carbons (Fsp3) is 0.400. The molecule has 0 heterocycles. The lowest BCUT2D eigenvalue weighted by molar-refractivity contribution is -0.157. The average Bonchev–Trinajstić information content (AvgIpc) is 2.91. The maximum absolute atomic E-state index is 13.0. The van der Waals surface area contributed by atoms with Gasteiger partial charge in [0.1, 0.15) is 11.5 Å². The number of hydrogen-bond acceptors (Lipinski definition) is 7. The van der Waals surface area contributed by atoms with Gasteiger partial charge in [-0.1, -0.05) is 20.4 Å². The minimum Gasteiger partial charge on any atom is -0.426 e.